The van der Waals surface area contributed by atoms with Gasteiger partial charge in [-0.15, -0.1) is 4.83 Å². The van der Waals surface area contributed by atoms with Gasteiger partial charge in [0, 0.05) is 20.6 Å². The average Bonchev–Trinajstić information content (AvgIpc) is 2.59. The number of phenols is 1. The molecule has 2 rings (SSSR count). The summed E-state index contributed by atoms with van der Waals surface area (Å²) in [6.07, 6.45) is -1.01. The van der Waals surface area contributed by atoms with E-state index in [-0.39, 0.29) is 11.4 Å². The molecule has 0 aliphatic carbocycles. The number of aromatic hydroxyl groups is 1. The van der Waals surface area contributed by atoms with Crippen molar-refractivity contribution >= 4 is 10.0 Å². The third-order valence-electron chi connectivity index (χ3n) is 3.80. The number of para-hydroxylation sites is 1. The monoisotopic (exact) mass is 409 g/mol. The van der Waals surface area contributed by atoms with Gasteiger partial charge in [-0.3, -0.25) is 5.32 Å². The fourth-order valence-corrected chi connectivity index (χ4v) is 3.74. The summed E-state index contributed by atoms with van der Waals surface area (Å²) in [6, 6.07) is 13.2. The molecule has 0 radical (unpaired) electrons. The van der Waals surface area contributed by atoms with Gasteiger partial charge >= 0.3 is 0 Å². The number of hydrazine groups is 1. The number of ether oxygens (including phenoxy) is 1. The Morgan fingerprint density at radius 1 is 1.14 bits per heavy atom. The summed E-state index contributed by atoms with van der Waals surface area (Å²) in [4.78, 5) is 1.95. The number of hydrogen-bond donors (Lipinski definition) is 4. The van der Waals surface area contributed by atoms with E-state index in [1.165, 1.54) is 37.3 Å². The molecule has 1 atom stereocenters. The highest BCUT2D eigenvalue weighted by molar-refractivity contribution is 7.89. The topological polar surface area (TPSA) is 111 Å². The molecule has 1 unspecified atom stereocenters. The van der Waals surface area contributed by atoms with Crippen molar-refractivity contribution in [2.45, 2.75) is 30.6 Å². The Labute approximate surface area is 165 Å². The molecule has 4 N–H and O–H groups in total. The van der Waals surface area contributed by atoms with Crippen LogP contribution in [0.2, 0.25) is 0 Å². The first-order valence-electron chi connectivity index (χ1n) is 8.70. The number of benzene rings is 2. The van der Waals surface area contributed by atoms with Gasteiger partial charge in [0.15, 0.2) is 5.72 Å². The number of aliphatic hydroxyl groups is 1. The lowest BCUT2D eigenvalue weighted by atomic mass is 10.1. The van der Waals surface area contributed by atoms with Crippen molar-refractivity contribution in [1.29, 1.82) is 0 Å². The van der Waals surface area contributed by atoms with Crippen LogP contribution in [0.4, 0.5) is 0 Å². The minimum Gasteiger partial charge on any atom is -0.507 e. The highest BCUT2D eigenvalue weighted by atomic mass is 32.2. The SMILES string of the molecule is CN(C)NS(=O)(=O)c1cc(C(O)CNC(C)(C)Oc2ccccc2)ccc1O. The van der Waals surface area contributed by atoms with Crippen LogP contribution in [0.15, 0.2) is 53.4 Å². The number of nitrogens with one attached hydrogen (secondary N) is 2. The van der Waals surface area contributed by atoms with Crippen LogP contribution in [0.1, 0.15) is 25.5 Å². The predicted molar refractivity (Wildman–Crippen MR) is 106 cm³/mol. The summed E-state index contributed by atoms with van der Waals surface area (Å²) in [6.45, 7) is 3.76. The van der Waals surface area contributed by atoms with Gasteiger partial charge in [-0.2, -0.15) is 0 Å². The van der Waals surface area contributed by atoms with Crippen LogP contribution < -0.4 is 14.9 Å². The van der Waals surface area contributed by atoms with E-state index >= 15 is 0 Å². The summed E-state index contributed by atoms with van der Waals surface area (Å²) >= 11 is 0. The van der Waals surface area contributed by atoms with E-state index in [2.05, 4.69) is 10.1 Å². The second-order valence-electron chi connectivity index (χ2n) is 7.04. The van der Waals surface area contributed by atoms with Gasteiger partial charge in [-0.05, 0) is 43.7 Å². The van der Waals surface area contributed by atoms with Crippen molar-refractivity contribution < 1.29 is 23.4 Å². The van der Waals surface area contributed by atoms with Gasteiger partial charge < -0.3 is 14.9 Å². The normalized spacial score (nSPS) is 13.5. The van der Waals surface area contributed by atoms with Crippen molar-refractivity contribution in [2.24, 2.45) is 0 Å². The van der Waals surface area contributed by atoms with Crippen LogP contribution in [0.5, 0.6) is 11.5 Å². The molecule has 0 saturated carbocycles. The molecular weight excluding hydrogens is 382 g/mol. The standard InChI is InChI=1S/C19H27N3O5S/c1-19(2,27-15-8-6-5-7-9-15)20-13-17(24)14-10-11-16(23)18(12-14)28(25,26)21-22(3)4/h5-12,17,20-21,23-24H,13H2,1-4H3. The second-order valence-corrected chi connectivity index (χ2v) is 8.67. The van der Waals surface area contributed by atoms with Crippen LogP contribution in [0.25, 0.3) is 0 Å². The van der Waals surface area contributed by atoms with Crippen LogP contribution in [-0.4, -0.2) is 50.0 Å². The molecule has 28 heavy (non-hydrogen) atoms. The Balaban J connectivity index is 2.10. The van der Waals surface area contributed by atoms with Crippen LogP contribution >= 0.6 is 0 Å². The lowest BCUT2D eigenvalue weighted by molar-refractivity contribution is 0.0513. The first-order chi connectivity index (χ1) is 13.0. The molecule has 8 nitrogen and oxygen atoms in total. The van der Waals surface area contributed by atoms with E-state index < -0.39 is 27.6 Å². The van der Waals surface area contributed by atoms with Crippen molar-refractivity contribution in [3.05, 3.63) is 54.1 Å². The molecule has 0 amide bonds. The number of sulfonamides is 1. The van der Waals surface area contributed by atoms with Crippen molar-refractivity contribution in [3.63, 3.8) is 0 Å². The fourth-order valence-electron chi connectivity index (χ4n) is 2.52. The largest absolute Gasteiger partial charge is 0.507 e. The number of aliphatic hydroxyl groups excluding tert-OH is 1. The Hall–Kier alpha value is -2.17. The molecule has 2 aromatic rings. The van der Waals surface area contributed by atoms with Gasteiger partial charge in [0.2, 0.25) is 0 Å². The third kappa shape index (κ3) is 6.18. The van der Waals surface area contributed by atoms with Crippen molar-refractivity contribution in [3.8, 4) is 11.5 Å². The van der Waals surface area contributed by atoms with Gasteiger partial charge in [-0.1, -0.05) is 24.3 Å². The molecule has 154 valence electrons. The van der Waals surface area contributed by atoms with Crippen molar-refractivity contribution in [2.75, 3.05) is 20.6 Å². The van der Waals surface area contributed by atoms with Gasteiger partial charge in [-0.25, -0.2) is 13.4 Å². The number of phenolic OH excluding ortho intramolecular Hbond substituents is 1. The molecule has 0 fully saturated rings. The number of rotatable bonds is 9. The summed E-state index contributed by atoms with van der Waals surface area (Å²) in [5.41, 5.74) is -0.416. The number of hydrogen-bond acceptors (Lipinski definition) is 7. The molecule has 2 aromatic carbocycles. The van der Waals surface area contributed by atoms with E-state index in [0.29, 0.717) is 11.3 Å². The van der Waals surface area contributed by atoms with E-state index in [0.717, 1.165) is 0 Å². The Bertz CT molecular complexity index is 886. The molecule has 0 aromatic heterocycles. The zero-order valence-corrected chi connectivity index (χ0v) is 17.2. The summed E-state index contributed by atoms with van der Waals surface area (Å²) in [7, 11) is -0.921. The summed E-state index contributed by atoms with van der Waals surface area (Å²) in [5.74, 6) is 0.285. The highest BCUT2D eigenvalue weighted by Gasteiger charge is 2.24. The minimum atomic E-state index is -3.96. The zero-order valence-electron chi connectivity index (χ0n) is 16.4. The maximum atomic E-state index is 12.3. The highest BCUT2D eigenvalue weighted by Crippen LogP contribution is 2.27. The molecule has 0 saturated heterocycles. The average molecular weight is 410 g/mol. The van der Waals surface area contributed by atoms with E-state index in [9.17, 15) is 18.6 Å². The molecule has 0 heterocycles. The first kappa shape index (κ1) is 22.1. The van der Waals surface area contributed by atoms with E-state index in [1.807, 2.05) is 44.2 Å². The predicted octanol–water partition coefficient (Wildman–Crippen LogP) is 1.59. The van der Waals surface area contributed by atoms with Gasteiger partial charge in [0.1, 0.15) is 16.4 Å². The molecular formula is C19H27N3O5S. The summed E-state index contributed by atoms with van der Waals surface area (Å²) in [5, 5.41) is 24.8. The van der Waals surface area contributed by atoms with Crippen LogP contribution in [0.3, 0.4) is 0 Å². The van der Waals surface area contributed by atoms with Crippen LogP contribution in [0, 0.1) is 0 Å². The maximum absolute atomic E-state index is 12.3. The van der Waals surface area contributed by atoms with Gasteiger partial charge in [0.25, 0.3) is 10.0 Å². The third-order valence-corrected chi connectivity index (χ3v) is 5.31. The number of nitrogens with zero attached hydrogens (tertiary/aromatic N) is 1. The van der Waals surface area contributed by atoms with E-state index in [1.54, 1.807) is 0 Å². The van der Waals surface area contributed by atoms with Crippen molar-refractivity contribution in [1.82, 2.24) is 15.2 Å². The van der Waals surface area contributed by atoms with Crippen LogP contribution in [-0.2, 0) is 10.0 Å². The fraction of sp³-hybridized carbons (Fsp3) is 0.368. The zero-order chi connectivity index (χ0) is 20.9. The molecule has 0 aliphatic rings. The molecule has 0 spiro atoms. The second kappa shape index (κ2) is 8.89. The summed E-state index contributed by atoms with van der Waals surface area (Å²) < 4.78 is 30.5. The Morgan fingerprint density at radius 2 is 1.79 bits per heavy atom. The molecule has 9 heteroatoms. The van der Waals surface area contributed by atoms with Gasteiger partial charge in [0.05, 0.1) is 6.10 Å². The molecule has 0 bridgehead atoms. The first-order valence-corrected chi connectivity index (χ1v) is 10.2. The minimum absolute atomic E-state index is 0.116. The lowest BCUT2D eigenvalue weighted by Gasteiger charge is -2.29. The Morgan fingerprint density at radius 3 is 2.39 bits per heavy atom. The van der Waals surface area contributed by atoms with E-state index in [4.69, 9.17) is 4.74 Å². The molecule has 0 aliphatic heterocycles. The maximum Gasteiger partial charge on any atom is 0.257 e. The Kier molecular flexibility index (Phi) is 7.02. The quantitative estimate of drug-likeness (QED) is 0.368. The lowest BCUT2D eigenvalue weighted by Crippen LogP contribution is -2.46. The smallest absolute Gasteiger partial charge is 0.257 e.